The summed E-state index contributed by atoms with van der Waals surface area (Å²) in [6, 6.07) is 18.6. The zero-order valence-electron chi connectivity index (χ0n) is 16.0. The summed E-state index contributed by atoms with van der Waals surface area (Å²) < 4.78 is 23.9. The molecule has 0 N–H and O–H groups in total. The van der Waals surface area contributed by atoms with Gasteiger partial charge in [-0.3, -0.25) is 10.1 Å². The lowest BCUT2D eigenvalue weighted by Crippen LogP contribution is -2.05. The molecule has 3 aromatic rings. The minimum absolute atomic E-state index is 0.0677. The smallest absolute Gasteiger partial charge is 0.363 e. The van der Waals surface area contributed by atoms with Gasteiger partial charge in [0.25, 0.3) is 5.69 Å². The molecule has 154 valence electrons. The molecule has 8 heteroatoms. The molecule has 1 aliphatic heterocycles. The van der Waals surface area contributed by atoms with Crippen molar-refractivity contribution in [3.8, 4) is 5.75 Å². The predicted octanol–water partition coefficient (Wildman–Crippen LogP) is 4.66. The number of esters is 1. The number of benzene rings is 3. The van der Waals surface area contributed by atoms with Gasteiger partial charge in [-0.2, -0.15) is 0 Å². The summed E-state index contributed by atoms with van der Waals surface area (Å²) in [6.07, 6.45) is 1.56. The second kappa shape index (κ2) is 8.58. The Balaban J connectivity index is 1.49. The molecule has 0 fully saturated rings. The van der Waals surface area contributed by atoms with Crippen LogP contribution in [-0.4, -0.2) is 16.8 Å². The minimum Gasteiger partial charge on any atom is -0.489 e. The first-order chi connectivity index (χ1) is 15.0. The number of nitrogens with zero attached hydrogens (tertiary/aromatic N) is 2. The third-order valence-corrected chi connectivity index (χ3v) is 4.43. The van der Waals surface area contributed by atoms with Crippen molar-refractivity contribution in [3.05, 3.63) is 111 Å². The number of non-ortho nitro benzene ring substituents is 1. The van der Waals surface area contributed by atoms with Crippen molar-refractivity contribution >= 4 is 23.6 Å². The predicted molar refractivity (Wildman–Crippen MR) is 111 cm³/mol. The van der Waals surface area contributed by atoms with Gasteiger partial charge in [0.1, 0.15) is 18.2 Å². The van der Waals surface area contributed by atoms with Gasteiger partial charge in [0, 0.05) is 17.7 Å². The van der Waals surface area contributed by atoms with Crippen molar-refractivity contribution in [2.45, 2.75) is 6.61 Å². The fourth-order valence-corrected chi connectivity index (χ4v) is 2.86. The topological polar surface area (TPSA) is 91.0 Å². The molecule has 7 nitrogen and oxygen atoms in total. The van der Waals surface area contributed by atoms with Crippen LogP contribution in [0.5, 0.6) is 5.75 Å². The number of hydrogen-bond donors (Lipinski definition) is 0. The highest BCUT2D eigenvalue weighted by atomic mass is 19.1. The molecule has 0 atom stereocenters. The van der Waals surface area contributed by atoms with E-state index in [1.807, 2.05) is 0 Å². The summed E-state index contributed by atoms with van der Waals surface area (Å²) in [7, 11) is 0. The van der Waals surface area contributed by atoms with Crippen LogP contribution < -0.4 is 4.74 Å². The zero-order chi connectivity index (χ0) is 21.8. The van der Waals surface area contributed by atoms with Crippen LogP contribution in [0.3, 0.4) is 0 Å². The first kappa shape index (κ1) is 20.0. The molecular formula is C23H15FN2O5. The van der Waals surface area contributed by atoms with Crippen molar-refractivity contribution in [1.29, 1.82) is 0 Å². The summed E-state index contributed by atoms with van der Waals surface area (Å²) in [5.74, 6) is -0.278. The van der Waals surface area contributed by atoms with E-state index in [9.17, 15) is 19.3 Å². The van der Waals surface area contributed by atoms with E-state index in [-0.39, 0.29) is 29.7 Å². The highest BCUT2D eigenvalue weighted by Crippen LogP contribution is 2.23. The molecule has 0 bridgehead atoms. The quantitative estimate of drug-likeness (QED) is 0.251. The second-order valence-corrected chi connectivity index (χ2v) is 6.63. The number of nitro groups is 1. The Kier molecular flexibility index (Phi) is 5.53. The van der Waals surface area contributed by atoms with Gasteiger partial charge in [-0.1, -0.05) is 24.3 Å². The summed E-state index contributed by atoms with van der Waals surface area (Å²) in [5, 5.41) is 10.8. The summed E-state index contributed by atoms with van der Waals surface area (Å²) in [5.41, 5.74) is 1.99. The maximum absolute atomic E-state index is 13.0. The maximum atomic E-state index is 13.0. The van der Waals surface area contributed by atoms with E-state index in [0.29, 0.717) is 16.9 Å². The van der Waals surface area contributed by atoms with E-state index in [2.05, 4.69) is 4.99 Å². The van der Waals surface area contributed by atoms with Gasteiger partial charge in [-0.05, 0) is 53.6 Å². The van der Waals surface area contributed by atoms with Gasteiger partial charge >= 0.3 is 5.97 Å². The Labute approximate surface area is 176 Å². The average Bonchev–Trinajstić information content (AvgIpc) is 3.14. The molecule has 31 heavy (non-hydrogen) atoms. The number of halogens is 1. The van der Waals surface area contributed by atoms with Gasteiger partial charge in [0.2, 0.25) is 5.90 Å². The molecule has 0 unspecified atom stereocenters. The monoisotopic (exact) mass is 418 g/mol. The van der Waals surface area contributed by atoms with Crippen molar-refractivity contribution in [1.82, 2.24) is 0 Å². The number of hydrogen-bond acceptors (Lipinski definition) is 6. The molecular weight excluding hydrogens is 403 g/mol. The van der Waals surface area contributed by atoms with Crippen molar-refractivity contribution < 1.29 is 23.6 Å². The highest BCUT2D eigenvalue weighted by molar-refractivity contribution is 6.12. The first-order valence-electron chi connectivity index (χ1n) is 9.23. The van der Waals surface area contributed by atoms with E-state index >= 15 is 0 Å². The Morgan fingerprint density at radius 1 is 1.06 bits per heavy atom. The number of carbonyl (C=O) groups is 1. The van der Waals surface area contributed by atoms with E-state index in [0.717, 1.165) is 5.56 Å². The SMILES string of the molecule is O=C1OC(c2ccc([N+](=O)[O-])cc2)=N/C1=C\c1cccc(OCc2ccc(F)cc2)c1. The lowest BCUT2D eigenvalue weighted by Gasteiger charge is -2.07. The third kappa shape index (κ3) is 4.81. The number of cyclic esters (lactones) is 1. The van der Waals surface area contributed by atoms with E-state index < -0.39 is 10.9 Å². The number of carbonyl (C=O) groups excluding carboxylic acids is 1. The summed E-state index contributed by atoms with van der Waals surface area (Å²) in [4.78, 5) is 26.6. The molecule has 0 aliphatic carbocycles. The van der Waals surface area contributed by atoms with Gasteiger partial charge in [-0.25, -0.2) is 14.2 Å². The van der Waals surface area contributed by atoms with E-state index in [1.165, 1.54) is 36.4 Å². The zero-order valence-corrected chi connectivity index (χ0v) is 16.0. The largest absolute Gasteiger partial charge is 0.489 e. The second-order valence-electron chi connectivity index (χ2n) is 6.63. The standard InChI is InChI=1S/C23H15FN2O5/c24-18-8-4-15(5-9-18)14-30-20-3-1-2-16(12-20)13-21-23(27)31-22(25-21)17-6-10-19(11-7-17)26(28)29/h1-13H,14H2/b21-13-. The van der Waals surface area contributed by atoms with Crippen LogP contribution in [0.2, 0.25) is 0 Å². The molecule has 0 saturated carbocycles. The fraction of sp³-hybridized carbons (Fsp3) is 0.0435. The van der Waals surface area contributed by atoms with Gasteiger partial charge in [-0.15, -0.1) is 0 Å². The molecule has 1 heterocycles. The Hall–Kier alpha value is -4.33. The van der Waals surface area contributed by atoms with Gasteiger partial charge < -0.3 is 9.47 Å². The Bertz CT molecular complexity index is 1200. The maximum Gasteiger partial charge on any atom is 0.363 e. The number of ether oxygens (including phenoxy) is 2. The fourth-order valence-electron chi connectivity index (χ4n) is 2.86. The number of nitro benzene ring substituents is 1. The molecule has 3 aromatic carbocycles. The van der Waals surface area contributed by atoms with Crippen LogP contribution in [0.25, 0.3) is 6.08 Å². The van der Waals surface area contributed by atoms with Crippen molar-refractivity contribution in [2.75, 3.05) is 0 Å². The molecule has 0 spiro atoms. The Morgan fingerprint density at radius 2 is 1.81 bits per heavy atom. The van der Waals surface area contributed by atoms with Crippen LogP contribution in [0, 0.1) is 15.9 Å². The summed E-state index contributed by atoms with van der Waals surface area (Å²) >= 11 is 0. The van der Waals surface area contributed by atoms with Crippen LogP contribution in [0.15, 0.2) is 83.5 Å². The normalized spacial score (nSPS) is 14.3. The van der Waals surface area contributed by atoms with Gasteiger partial charge in [0.15, 0.2) is 5.70 Å². The van der Waals surface area contributed by atoms with Crippen LogP contribution >= 0.6 is 0 Å². The molecule has 4 rings (SSSR count). The lowest BCUT2D eigenvalue weighted by atomic mass is 10.2. The average molecular weight is 418 g/mol. The third-order valence-electron chi connectivity index (χ3n) is 4.43. The van der Waals surface area contributed by atoms with E-state index in [4.69, 9.17) is 9.47 Å². The van der Waals surface area contributed by atoms with Crippen LogP contribution in [0.4, 0.5) is 10.1 Å². The summed E-state index contributed by atoms with van der Waals surface area (Å²) in [6.45, 7) is 0.269. The number of rotatable bonds is 6. The lowest BCUT2D eigenvalue weighted by molar-refractivity contribution is -0.384. The molecule has 0 saturated heterocycles. The Morgan fingerprint density at radius 3 is 2.52 bits per heavy atom. The minimum atomic E-state index is -0.619. The molecule has 0 amide bonds. The van der Waals surface area contributed by atoms with Gasteiger partial charge in [0.05, 0.1) is 4.92 Å². The van der Waals surface area contributed by atoms with Crippen LogP contribution in [-0.2, 0) is 16.1 Å². The molecule has 0 radical (unpaired) electrons. The first-order valence-corrected chi connectivity index (χ1v) is 9.23. The van der Waals surface area contributed by atoms with Crippen LogP contribution in [0.1, 0.15) is 16.7 Å². The van der Waals surface area contributed by atoms with Crippen molar-refractivity contribution in [3.63, 3.8) is 0 Å². The molecule has 0 aromatic heterocycles. The molecule has 1 aliphatic rings. The number of aliphatic imine (C=N–C) groups is 1. The highest BCUT2D eigenvalue weighted by Gasteiger charge is 2.24. The van der Waals surface area contributed by atoms with Crippen molar-refractivity contribution in [2.24, 2.45) is 4.99 Å². The van der Waals surface area contributed by atoms with E-state index in [1.54, 1.807) is 42.5 Å².